The molecule has 0 unspecified atom stereocenters. The van der Waals surface area contributed by atoms with Crippen molar-refractivity contribution >= 4 is 18.2 Å². The van der Waals surface area contributed by atoms with Crippen LogP contribution in [-0.2, 0) is 11.0 Å². The number of benzene rings is 1. The number of carbonyl (C=O) groups is 1. The van der Waals surface area contributed by atoms with Gasteiger partial charge in [0.15, 0.2) is 11.6 Å². The Bertz CT molecular complexity index is 854. The highest BCUT2D eigenvalue weighted by Crippen LogP contribution is 2.36. The van der Waals surface area contributed by atoms with Gasteiger partial charge in [0.2, 0.25) is 0 Å². The number of nitrogens with zero attached hydrogens (tertiary/aromatic N) is 3. The highest BCUT2D eigenvalue weighted by Gasteiger charge is 2.36. The van der Waals surface area contributed by atoms with E-state index in [0.717, 1.165) is 56.7 Å². The van der Waals surface area contributed by atoms with Crippen LogP contribution < -0.4 is 4.90 Å². The normalized spacial score (nSPS) is 21.9. The van der Waals surface area contributed by atoms with Crippen LogP contribution in [0.4, 0.5) is 23.2 Å². The van der Waals surface area contributed by atoms with Crippen molar-refractivity contribution in [3.63, 3.8) is 0 Å². The number of alkyl halides is 3. The Hall–Kier alpha value is -2.22. The maximum atomic E-state index is 14.4. The van der Waals surface area contributed by atoms with E-state index in [1.165, 1.54) is 12.1 Å². The molecule has 2 fully saturated rings. The number of carbonyl (C=O) groups excluding carboxylic acids is 1. The van der Waals surface area contributed by atoms with E-state index in [2.05, 4.69) is 23.2 Å². The number of Topliss-reactive ketones (excluding diaryl/α,β-unsaturated/α-hetero) is 1. The van der Waals surface area contributed by atoms with Gasteiger partial charge in [0.1, 0.15) is 0 Å². The largest absolute Gasteiger partial charge is 0.419 e. The highest BCUT2D eigenvalue weighted by atomic mass is 19.4. The highest BCUT2D eigenvalue weighted by molar-refractivity contribution is 5.95. The predicted octanol–water partition coefficient (Wildman–Crippen LogP) is 5.77. The minimum absolute atomic E-state index is 0.0309. The molecule has 1 saturated carbocycles. The van der Waals surface area contributed by atoms with Gasteiger partial charge in [0, 0.05) is 39.1 Å². The van der Waals surface area contributed by atoms with Gasteiger partial charge in [-0.05, 0) is 81.3 Å². The molecule has 1 heterocycles. The molecule has 188 valence electrons. The quantitative estimate of drug-likeness (QED) is 0.184. The van der Waals surface area contributed by atoms with Gasteiger partial charge in [-0.2, -0.15) is 13.2 Å². The SMILES string of the molecule is C=NCCCC(=O)C(=C)C1CCC(CCN2CCN(c3cccc(C(F)(F)F)c3F)CC2)CC1. The summed E-state index contributed by atoms with van der Waals surface area (Å²) in [6.45, 7) is 11.5. The van der Waals surface area contributed by atoms with Gasteiger partial charge in [0.25, 0.3) is 0 Å². The van der Waals surface area contributed by atoms with Crippen molar-refractivity contribution in [3.05, 3.63) is 41.7 Å². The lowest BCUT2D eigenvalue weighted by Gasteiger charge is -2.37. The van der Waals surface area contributed by atoms with Crippen LogP contribution in [0.25, 0.3) is 0 Å². The van der Waals surface area contributed by atoms with Crippen molar-refractivity contribution in [3.8, 4) is 0 Å². The van der Waals surface area contributed by atoms with Crippen LogP contribution in [0.5, 0.6) is 0 Å². The molecule has 2 aliphatic rings. The van der Waals surface area contributed by atoms with Crippen LogP contribution in [-0.4, -0.2) is 56.7 Å². The molecule has 1 aliphatic carbocycles. The van der Waals surface area contributed by atoms with Gasteiger partial charge in [-0.1, -0.05) is 12.6 Å². The van der Waals surface area contributed by atoms with E-state index >= 15 is 0 Å². The number of aliphatic imine (C=N–C) groups is 1. The van der Waals surface area contributed by atoms with Crippen LogP contribution in [0.3, 0.4) is 0 Å². The molecule has 1 aromatic carbocycles. The molecule has 3 rings (SSSR count). The third-order valence-corrected chi connectivity index (χ3v) is 7.27. The average molecular weight is 482 g/mol. The number of ketones is 1. The average Bonchev–Trinajstić information content (AvgIpc) is 2.82. The molecule has 1 saturated heterocycles. The summed E-state index contributed by atoms with van der Waals surface area (Å²) in [4.78, 5) is 20.1. The Balaban J connectivity index is 1.39. The fraction of sp³-hybridized carbons (Fsp3) is 0.615. The first-order chi connectivity index (χ1) is 16.2. The first-order valence-corrected chi connectivity index (χ1v) is 12.2. The number of rotatable bonds is 10. The number of hydrogen-bond acceptors (Lipinski definition) is 4. The van der Waals surface area contributed by atoms with Gasteiger partial charge in [-0.15, -0.1) is 0 Å². The molecule has 0 atom stereocenters. The number of hydrogen-bond donors (Lipinski definition) is 0. The Morgan fingerprint density at radius 2 is 1.76 bits per heavy atom. The van der Waals surface area contributed by atoms with E-state index in [9.17, 15) is 22.4 Å². The van der Waals surface area contributed by atoms with E-state index in [1.807, 2.05) is 0 Å². The number of allylic oxidation sites excluding steroid dienone is 1. The minimum Gasteiger partial charge on any atom is -0.367 e. The van der Waals surface area contributed by atoms with Crippen molar-refractivity contribution in [1.82, 2.24) is 4.90 Å². The van der Waals surface area contributed by atoms with E-state index in [4.69, 9.17) is 0 Å². The van der Waals surface area contributed by atoms with E-state index in [-0.39, 0.29) is 17.4 Å². The van der Waals surface area contributed by atoms with Crippen LogP contribution in [0.2, 0.25) is 0 Å². The molecule has 8 heteroatoms. The molecule has 0 aromatic heterocycles. The topological polar surface area (TPSA) is 35.9 Å². The smallest absolute Gasteiger partial charge is 0.367 e. The molecule has 0 amide bonds. The zero-order valence-corrected chi connectivity index (χ0v) is 19.8. The maximum Gasteiger partial charge on any atom is 0.419 e. The summed E-state index contributed by atoms with van der Waals surface area (Å²) >= 11 is 0. The monoisotopic (exact) mass is 481 g/mol. The van der Waals surface area contributed by atoms with Crippen LogP contribution in [0, 0.1) is 17.7 Å². The van der Waals surface area contributed by atoms with Crippen LogP contribution in [0.15, 0.2) is 35.3 Å². The second kappa shape index (κ2) is 12.0. The third-order valence-electron chi connectivity index (χ3n) is 7.27. The lowest BCUT2D eigenvalue weighted by Crippen LogP contribution is -2.47. The summed E-state index contributed by atoms with van der Waals surface area (Å²) in [5.74, 6) is -0.130. The molecule has 0 radical (unpaired) electrons. The Labute approximate surface area is 199 Å². The first-order valence-electron chi connectivity index (χ1n) is 12.2. The van der Waals surface area contributed by atoms with Gasteiger partial charge in [-0.3, -0.25) is 9.69 Å². The van der Waals surface area contributed by atoms with Crippen LogP contribution in [0.1, 0.15) is 50.5 Å². The lowest BCUT2D eigenvalue weighted by molar-refractivity contribution is -0.139. The standard InChI is InChI=1S/C26H35F4N3O/c1-19(24(34)7-4-13-31-2)21-10-8-20(9-11-21)12-14-32-15-17-33(18-16-32)23-6-3-5-22(25(23)27)26(28,29)30/h3,5-6,20-21H,1-2,4,7-18H2. The zero-order chi connectivity index (χ0) is 24.7. The van der Waals surface area contributed by atoms with Crippen molar-refractivity contribution in [2.45, 2.75) is 51.1 Å². The maximum absolute atomic E-state index is 14.4. The van der Waals surface area contributed by atoms with E-state index in [0.29, 0.717) is 45.1 Å². The fourth-order valence-electron chi connectivity index (χ4n) is 5.10. The van der Waals surface area contributed by atoms with Gasteiger partial charge < -0.3 is 9.89 Å². The molecule has 1 aliphatic heterocycles. The van der Waals surface area contributed by atoms with Gasteiger partial charge >= 0.3 is 6.18 Å². The second-order valence-electron chi connectivity index (χ2n) is 9.47. The molecule has 34 heavy (non-hydrogen) atoms. The zero-order valence-electron chi connectivity index (χ0n) is 19.8. The second-order valence-corrected chi connectivity index (χ2v) is 9.47. The Kier molecular flexibility index (Phi) is 9.28. The van der Waals surface area contributed by atoms with Crippen molar-refractivity contribution in [2.75, 3.05) is 44.2 Å². The predicted molar refractivity (Wildman–Crippen MR) is 128 cm³/mol. The lowest BCUT2D eigenvalue weighted by atomic mass is 9.76. The van der Waals surface area contributed by atoms with Crippen LogP contribution >= 0.6 is 0 Å². The molecule has 0 N–H and O–H groups in total. The van der Waals surface area contributed by atoms with Gasteiger partial charge in [-0.25, -0.2) is 4.39 Å². The third kappa shape index (κ3) is 6.90. The van der Waals surface area contributed by atoms with E-state index < -0.39 is 17.6 Å². The molecule has 1 aromatic rings. The van der Waals surface area contributed by atoms with Crippen molar-refractivity contribution in [1.29, 1.82) is 0 Å². The Morgan fingerprint density at radius 1 is 1.09 bits per heavy atom. The summed E-state index contributed by atoms with van der Waals surface area (Å²) in [6.07, 6.45) is 1.76. The summed E-state index contributed by atoms with van der Waals surface area (Å²) in [5, 5.41) is 0. The van der Waals surface area contributed by atoms with E-state index in [1.54, 1.807) is 4.90 Å². The summed E-state index contributed by atoms with van der Waals surface area (Å²) < 4.78 is 53.5. The fourth-order valence-corrected chi connectivity index (χ4v) is 5.10. The minimum atomic E-state index is -4.69. The molecule has 0 spiro atoms. The van der Waals surface area contributed by atoms with Crippen molar-refractivity contribution in [2.24, 2.45) is 16.8 Å². The number of halogens is 4. The van der Waals surface area contributed by atoms with Gasteiger partial charge in [0.05, 0.1) is 11.3 Å². The summed E-state index contributed by atoms with van der Waals surface area (Å²) in [5.41, 5.74) is -0.412. The molecular weight excluding hydrogens is 446 g/mol. The summed E-state index contributed by atoms with van der Waals surface area (Å²) in [6, 6.07) is 3.48. The summed E-state index contributed by atoms with van der Waals surface area (Å²) in [7, 11) is 0. The molecular formula is C26H35F4N3O. The molecule has 4 nitrogen and oxygen atoms in total. The number of piperazine rings is 1. The number of anilines is 1. The molecule has 0 bridgehead atoms. The van der Waals surface area contributed by atoms with Crippen molar-refractivity contribution < 1.29 is 22.4 Å². The first kappa shape index (κ1) is 26.4. The Morgan fingerprint density at radius 3 is 2.38 bits per heavy atom.